The van der Waals surface area contributed by atoms with Crippen molar-refractivity contribution in [3.8, 4) is 0 Å². The second kappa shape index (κ2) is 10.3. The number of aliphatic imine (C=N–C) groups is 1. The molecule has 0 atom stereocenters. The molecule has 2 aromatic carbocycles. The fourth-order valence-electron chi connectivity index (χ4n) is 3.97. The van der Waals surface area contributed by atoms with Gasteiger partial charge in [0, 0.05) is 45.4 Å². The van der Waals surface area contributed by atoms with Crippen LogP contribution in [0.4, 0.5) is 0 Å². The van der Waals surface area contributed by atoms with Crippen molar-refractivity contribution in [3.63, 3.8) is 0 Å². The molecule has 1 aliphatic rings. The minimum absolute atomic E-state index is 0.110. The molecule has 33 heavy (non-hydrogen) atoms. The Kier molecular flexibility index (Phi) is 7.71. The summed E-state index contributed by atoms with van der Waals surface area (Å²) in [5.41, 5.74) is 4.51. The average molecular weight is 469 g/mol. The van der Waals surface area contributed by atoms with Gasteiger partial charge in [-0.1, -0.05) is 48.0 Å². The smallest absolute Gasteiger partial charge is 0.246 e. The van der Waals surface area contributed by atoms with Crippen molar-refractivity contribution in [1.29, 1.82) is 0 Å². The molecule has 0 fully saturated rings. The van der Waals surface area contributed by atoms with E-state index in [1.54, 1.807) is 31.9 Å². The number of amidine groups is 1. The van der Waals surface area contributed by atoms with Crippen LogP contribution in [0.2, 0.25) is 0 Å². The van der Waals surface area contributed by atoms with E-state index in [-0.39, 0.29) is 12.5 Å². The number of likely N-dealkylation sites (N-methyl/N-ethyl adjacent to an activating group) is 2. The molecule has 1 aliphatic heterocycles. The van der Waals surface area contributed by atoms with Crippen LogP contribution in [-0.4, -0.2) is 63.1 Å². The first kappa shape index (κ1) is 24.7. The zero-order valence-electron chi connectivity index (χ0n) is 19.9. The molecule has 1 amide bonds. The van der Waals surface area contributed by atoms with Crippen LogP contribution in [0.15, 0.2) is 58.4 Å². The predicted octanol–water partition coefficient (Wildman–Crippen LogP) is 2.80. The van der Waals surface area contributed by atoms with Crippen molar-refractivity contribution in [3.05, 3.63) is 76.4 Å². The number of nitrogens with one attached hydrogen (secondary N) is 1. The molecule has 1 N–H and O–H groups in total. The van der Waals surface area contributed by atoms with Gasteiger partial charge in [0.2, 0.25) is 15.9 Å². The number of benzene rings is 2. The third-order valence-corrected chi connectivity index (χ3v) is 7.72. The summed E-state index contributed by atoms with van der Waals surface area (Å²) in [7, 11) is -0.402. The van der Waals surface area contributed by atoms with E-state index in [4.69, 9.17) is 0 Å². The maximum absolute atomic E-state index is 13.0. The number of hydrogen-bond donors (Lipinski definition) is 1. The highest BCUT2D eigenvalue weighted by molar-refractivity contribution is 7.89. The first-order valence-electron chi connectivity index (χ1n) is 10.9. The number of hydrogen-bond acceptors (Lipinski definition) is 5. The molecule has 7 nitrogen and oxygen atoms in total. The van der Waals surface area contributed by atoms with Gasteiger partial charge in [-0.3, -0.25) is 9.79 Å². The number of rotatable bonds is 8. The third kappa shape index (κ3) is 5.89. The molecule has 0 aliphatic carbocycles. The van der Waals surface area contributed by atoms with Crippen molar-refractivity contribution in [2.75, 3.05) is 33.7 Å². The van der Waals surface area contributed by atoms with Gasteiger partial charge in [0.1, 0.15) is 5.84 Å². The van der Waals surface area contributed by atoms with E-state index in [0.29, 0.717) is 11.4 Å². The average Bonchev–Trinajstić information content (AvgIpc) is 3.28. The Labute approximate surface area is 196 Å². The number of carbonyl (C=O) groups is 1. The van der Waals surface area contributed by atoms with Crippen molar-refractivity contribution >= 4 is 21.8 Å². The van der Waals surface area contributed by atoms with E-state index >= 15 is 0 Å². The lowest BCUT2D eigenvalue weighted by Crippen LogP contribution is -2.29. The molecule has 0 saturated heterocycles. The van der Waals surface area contributed by atoms with E-state index in [9.17, 15) is 13.2 Å². The van der Waals surface area contributed by atoms with Gasteiger partial charge in [-0.15, -0.1) is 0 Å². The quantitative estimate of drug-likeness (QED) is 0.604. The monoisotopic (exact) mass is 468 g/mol. The summed E-state index contributed by atoms with van der Waals surface area (Å²) in [5.74, 6) is 0.721. The molecule has 3 rings (SSSR count). The van der Waals surface area contributed by atoms with Crippen molar-refractivity contribution in [2.24, 2.45) is 4.99 Å². The van der Waals surface area contributed by atoms with Crippen LogP contribution >= 0.6 is 0 Å². The number of carbonyl (C=O) groups excluding carboxylic acids is 1. The summed E-state index contributed by atoms with van der Waals surface area (Å²) in [6.45, 7) is 7.78. The molecular formula is C25H32N4O3S. The number of sulfonamides is 1. The summed E-state index contributed by atoms with van der Waals surface area (Å²) in [6.07, 6.45) is 3.01. The molecule has 8 heteroatoms. The first-order chi connectivity index (χ1) is 15.6. The van der Waals surface area contributed by atoms with Crippen LogP contribution in [-0.2, 0) is 21.4 Å². The molecule has 0 bridgehead atoms. The Hall–Kier alpha value is -2.97. The summed E-state index contributed by atoms with van der Waals surface area (Å²) in [6, 6.07) is 11.7. The Bertz CT molecular complexity index is 1160. The first-order valence-corrected chi connectivity index (χ1v) is 12.4. The highest BCUT2D eigenvalue weighted by Crippen LogP contribution is 2.24. The second-order valence-corrected chi connectivity index (χ2v) is 10.4. The molecule has 1 heterocycles. The zero-order valence-corrected chi connectivity index (χ0v) is 20.7. The minimum atomic E-state index is -3.65. The molecule has 0 spiro atoms. The predicted molar refractivity (Wildman–Crippen MR) is 132 cm³/mol. The van der Waals surface area contributed by atoms with Crippen LogP contribution in [0.3, 0.4) is 0 Å². The topological polar surface area (TPSA) is 82.1 Å². The van der Waals surface area contributed by atoms with E-state index in [2.05, 4.69) is 10.3 Å². The van der Waals surface area contributed by atoms with Crippen LogP contribution in [0.25, 0.3) is 0 Å². The minimum Gasteiger partial charge on any atom is -0.368 e. The highest BCUT2D eigenvalue weighted by Gasteiger charge is 2.24. The Morgan fingerprint density at radius 2 is 1.73 bits per heavy atom. The SMILES string of the molecule is Cc1cc(C)c(S(=O)(=O)N(C)C/C=C/C(=O)N(C)Cc2ccc(C3=NCCN3)cc2)c(C)c1. The van der Waals surface area contributed by atoms with E-state index in [1.165, 1.54) is 17.4 Å². The van der Waals surface area contributed by atoms with Gasteiger partial charge in [0.25, 0.3) is 0 Å². The lowest BCUT2D eigenvalue weighted by atomic mass is 10.1. The van der Waals surface area contributed by atoms with Gasteiger partial charge >= 0.3 is 0 Å². The zero-order chi connectivity index (χ0) is 24.2. The fraction of sp³-hybridized carbons (Fsp3) is 0.360. The van der Waals surface area contributed by atoms with Gasteiger partial charge in [-0.05, 0) is 37.5 Å². The van der Waals surface area contributed by atoms with Crippen LogP contribution in [0.1, 0.15) is 27.8 Å². The molecule has 176 valence electrons. The Balaban J connectivity index is 1.58. The summed E-state index contributed by atoms with van der Waals surface area (Å²) in [5, 5.41) is 3.24. The van der Waals surface area contributed by atoms with Gasteiger partial charge in [-0.2, -0.15) is 4.31 Å². The molecule has 0 aromatic heterocycles. The standard InChI is InChI=1S/C25H32N4O3S/c1-18-15-19(2)24(20(3)16-18)33(31,32)29(5)14-6-7-23(30)28(4)17-21-8-10-22(11-9-21)25-26-12-13-27-25/h6-11,15-16H,12-14,17H2,1-5H3,(H,26,27)/b7-6+. The number of amides is 1. The Morgan fingerprint density at radius 1 is 1.09 bits per heavy atom. The van der Waals surface area contributed by atoms with E-state index in [0.717, 1.165) is 46.7 Å². The molecule has 0 radical (unpaired) electrons. The van der Waals surface area contributed by atoms with Crippen molar-refractivity contribution < 1.29 is 13.2 Å². The normalized spacial score (nSPS) is 13.9. The fourth-order valence-corrected chi connectivity index (χ4v) is 5.49. The lowest BCUT2D eigenvalue weighted by Gasteiger charge is -2.19. The largest absolute Gasteiger partial charge is 0.368 e. The van der Waals surface area contributed by atoms with Gasteiger partial charge < -0.3 is 10.2 Å². The summed E-state index contributed by atoms with van der Waals surface area (Å²) >= 11 is 0. The third-order valence-electron chi connectivity index (χ3n) is 5.59. The van der Waals surface area contributed by atoms with E-state index in [1.807, 2.05) is 43.3 Å². The molecule has 0 saturated carbocycles. The van der Waals surface area contributed by atoms with E-state index < -0.39 is 10.0 Å². The Morgan fingerprint density at radius 3 is 2.30 bits per heavy atom. The lowest BCUT2D eigenvalue weighted by molar-refractivity contribution is -0.125. The summed E-state index contributed by atoms with van der Waals surface area (Å²) in [4.78, 5) is 18.8. The second-order valence-electron chi connectivity index (χ2n) is 8.46. The van der Waals surface area contributed by atoms with Crippen LogP contribution in [0, 0.1) is 20.8 Å². The van der Waals surface area contributed by atoms with Crippen molar-refractivity contribution in [1.82, 2.24) is 14.5 Å². The van der Waals surface area contributed by atoms with Crippen LogP contribution < -0.4 is 5.32 Å². The van der Waals surface area contributed by atoms with Gasteiger partial charge in [0.05, 0.1) is 11.4 Å². The maximum Gasteiger partial charge on any atom is 0.246 e. The summed E-state index contributed by atoms with van der Waals surface area (Å²) < 4.78 is 27.3. The molecular weight excluding hydrogens is 436 g/mol. The molecule has 2 aromatic rings. The van der Waals surface area contributed by atoms with Gasteiger partial charge in [-0.25, -0.2) is 8.42 Å². The number of aryl methyl sites for hydroxylation is 3. The number of nitrogens with zero attached hydrogens (tertiary/aromatic N) is 3. The highest BCUT2D eigenvalue weighted by atomic mass is 32.2. The van der Waals surface area contributed by atoms with Crippen molar-refractivity contribution in [2.45, 2.75) is 32.2 Å². The van der Waals surface area contributed by atoms with Crippen LogP contribution in [0.5, 0.6) is 0 Å². The van der Waals surface area contributed by atoms with Gasteiger partial charge in [0.15, 0.2) is 0 Å². The molecule has 0 unspecified atom stereocenters. The maximum atomic E-state index is 13.0.